The van der Waals surface area contributed by atoms with Crippen LogP contribution >= 0.6 is 34.7 Å². The van der Waals surface area contributed by atoms with Crippen molar-refractivity contribution in [2.24, 2.45) is 22.0 Å². The molecule has 0 bridgehead atoms. The smallest absolute Gasteiger partial charge is 0.352 e. The van der Waals surface area contributed by atoms with E-state index >= 15 is 4.39 Å². The number of thiazole rings is 1. The van der Waals surface area contributed by atoms with E-state index < -0.39 is 58.5 Å². The van der Waals surface area contributed by atoms with E-state index in [1.807, 2.05) is 27.5 Å². The molecule has 0 saturated carbocycles. The summed E-state index contributed by atoms with van der Waals surface area (Å²) in [5.41, 5.74) is 12.2. The molecule has 6 heterocycles. The fourth-order valence-electron chi connectivity index (χ4n) is 6.92. The Kier molecular flexibility index (Phi) is 12.0. The molecule has 59 heavy (non-hydrogen) atoms. The Morgan fingerprint density at radius 3 is 2.61 bits per heavy atom. The first kappa shape index (κ1) is 41.6. The Bertz CT molecular complexity index is 2450. The third kappa shape index (κ3) is 8.61. The third-order valence-corrected chi connectivity index (χ3v) is 12.7. The zero-order valence-corrected chi connectivity index (χ0v) is 34.2. The molecule has 3 aliphatic rings. The van der Waals surface area contributed by atoms with Gasteiger partial charge in [-0.1, -0.05) is 45.4 Å². The van der Waals surface area contributed by atoms with Crippen LogP contribution < -0.4 is 21.4 Å². The number of piperidine rings is 1. The monoisotopic (exact) mass is 868 g/mol. The molecule has 3 aliphatic heterocycles. The van der Waals surface area contributed by atoms with Crippen molar-refractivity contribution >= 4 is 86.0 Å². The maximum atomic E-state index is 15.4. The Morgan fingerprint density at radius 1 is 1.17 bits per heavy atom. The summed E-state index contributed by atoms with van der Waals surface area (Å²) in [5.74, 6) is -5.01. The van der Waals surface area contributed by atoms with E-state index in [9.17, 15) is 29.4 Å². The summed E-state index contributed by atoms with van der Waals surface area (Å²) < 4.78 is 19.2. The van der Waals surface area contributed by atoms with Crippen molar-refractivity contribution in [2.75, 3.05) is 24.6 Å². The molecule has 1 amide bonds. The van der Waals surface area contributed by atoms with Crippen molar-refractivity contribution in [1.29, 1.82) is 0 Å². The first-order chi connectivity index (χ1) is 28.1. The van der Waals surface area contributed by atoms with Crippen LogP contribution in [0.5, 0.6) is 0 Å². The molecule has 0 unspecified atom stereocenters. The summed E-state index contributed by atoms with van der Waals surface area (Å²) in [6.45, 7) is 4.47. The molecule has 310 valence electrons. The second kappa shape index (κ2) is 17.0. The fraction of sp³-hybridized carbons (Fsp3) is 0.368. The lowest BCUT2D eigenvalue weighted by atomic mass is 9.89. The minimum Gasteiger partial charge on any atom is -0.478 e. The standard InChI is InChI=1S/C38H39ClFN9O8S2/c1-38(2,36(54)55)57-45-28(29-31(39)59-37(42)44-29)27(50)15-23-33(51)49-30(35(52)53)21(18-58-34(23)49)17-47-12-3-4-25-26(47)9-13-48(25)16-20-6-5-19(14-24(20)40)32(41)46-56-22-7-10-43-11-8-22/h3-6,9,12-14,22-23,34,43H,7-8,10-11,15-18H2,1-2H3,(H5-,41,42,44,46,52,53,54,55)/p+1/b45-28+/t23-,34-/m1/s1. The summed E-state index contributed by atoms with van der Waals surface area (Å²) >= 11 is 8.45. The number of nitrogen functional groups attached to an aromatic ring is 1. The highest BCUT2D eigenvalue weighted by Crippen LogP contribution is 2.45. The number of halogens is 2. The van der Waals surface area contributed by atoms with Crippen molar-refractivity contribution in [3.63, 3.8) is 0 Å². The Morgan fingerprint density at radius 2 is 1.93 bits per heavy atom. The van der Waals surface area contributed by atoms with Gasteiger partial charge in [-0.3, -0.25) is 14.5 Å². The van der Waals surface area contributed by atoms with E-state index in [1.54, 1.807) is 24.4 Å². The topological polar surface area (TPSA) is 241 Å². The van der Waals surface area contributed by atoms with Gasteiger partial charge in [-0.15, -0.1) is 11.8 Å². The molecular formula is C38H40ClFN9O8S2+. The number of Topliss-reactive ketones (excluding diaryl/α,β-unsaturated/α-hetero) is 1. The van der Waals surface area contributed by atoms with Crippen LogP contribution in [0.25, 0.3) is 11.0 Å². The predicted octanol–water partition coefficient (Wildman–Crippen LogP) is 3.31. The van der Waals surface area contributed by atoms with Gasteiger partial charge in [-0.2, -0.15) is 4.57 Å². The number of pyridine rings is 1. The number of benzene rings is 1. The van der Waals surface area contributed by atoms with Crippen molar-refractivity contribution in [1.82, 2.24) is 19.8 Å². The molecule has 4 aromatic rings. The number of nitrogens with one attached hydrogen (secondary N) is 1. The van der Waals surface area contributed by atoms with Crippen LogP contribution in [-0.4, -0.2) is 95.8 Å². The molecule has 3 aromatic heterocycles. The average molecular weight is 869 g/mol. The van der Waals surface area contributed by atoms with Gasteiger partial charge < -0.3 is 41.2 Å². The molecule has 7 N–H and O–H groups in total. The number of carboxylic acids is 2. The summed E-state index contributed by atoms with van der Waals surface area (Å²) in [6, 6.07) is 10.2. The van der Waals surface area contributed by atoms with Gasteiger partial charge in [0, 0.05) is 47.2 Å². The lowest BCUT2D eigenvalue weighted by Gasteiger charge is -2.49. The van der Waals surface area contributed by atoms with Gasteiger partial charge in [0.1, 0.15) is 33.2 Å². The Balaban J connectivity index is 1.07. The number of oxime groups is 2. The van der Waals surface area contributed by atoms with Crippen LogP contribution in [0.15, 0.2) is 70.4 Å². The van der Waals surface area contributed by atoms with E-state index in [0.29, 0.717) is 16.7 Å². The second-order valence-corrected chi connectivity index (χ2v) is 17.3. The number of carbonyl (C=O) groups excluding carboxylic acids is 2. The molecule has 0 radical (unpaired) electrons. The minimum absolute atomic E-state index is 0.00948. The Labute approximate surface area is 349 Å². The highest BCUT2D eigenvalue weighted by atomic mass is 35.5. The Hall–Kier alpha value is -5.57. The van der Waals surface area contributed by atoms with E-state index in [4.69, 9.17) is 32.7 Å². The molecule has 2 saturated heterocycles. The van der Waals surface area contributed by atoms with E-state index in [-0.39, 0.29) is 51.6 Å². The van der Waals surface area contributed by atoms with Gasteiger partial charge in [0.15, 0.2) is 35.2 Å². The summed E-state index contributed by atoms with van der Waals surface area (Å²) in [7, 11) is 0. The number of nitrogens with zero attached hydrogens (tertiary/aromatic N) is 6. The molecule has 0 spiro atoms. The van der Waals surface area contributed by atoms with Gasteiger partial charge in [0.05, 0.1) is 17.8 Å². The number of amides is 1. The number of aliphatic carboxylic acids is 2. The number of anilines is 1. The average Bonchev–Trinajstić information content (AvgIpc) is 3.78. The van der Waals surface area contributed by atoms with Crippen LogP contribution in [0, 0.1) is 11.7 Å². The molecule has 21 heteroatoms. The van der Waals surface area contributed by atoms with Crippen molar-refractivity contribution in [3.05, 3.63) is 87.0 Å². The van der Waals surface area contributed by atoms with Gasteiger partial charge in [-0.25, -0.2) is 19.0 Å². The van der Waals surface area contributed by atoms with Crippen molar-refractivity contribution in [2.45, 2.75) is 63.3 Å². The maximum absolute atomic E-state index is 15.4. The SMILES string of the molecule is CC(C)(O/N=C(\C(=O)C[C@@H]1C(=O)N2C(C(=O)O)=C(C[n+]3cccc4c3ccn4Cc3ccc(C(N)=NOC4CCNCC4)cc3F)CS[C@H]12)c1nc(N)sc1Cl)C(=O)O. The summed E-state index contributed by atoms with van der Waals surface area (Å²) in [6.07, 6.45) is 4.78. The largest absolute Gasteiger partial charge is 0.478 e. The number of thioether (sulfide) groups is 1. The number of carboxylic acid groups (broad SMARTS) is 2. The molecule has 0 aliphatic carbocycles. The minimum atomic E-state index is -1.82. The van der Waals surface area contributed by atoms with Crippen LogP contribution in [0.4, 0.5) is 9.52 Å². The zero-order chi connectivity index (χ0) is 42.2. The number of amidine groups is 1. The van der Waals surface area contributed by atoms with Crippen LogP contribution in [0.2, 0.25) is 4.34 Å². The number of fused-ring (bicyclic) bond motifs is 2. The summed E-state index contributed by atoms with van der Waals surface area (Å²) in [5, 5.41) is 30.3. The van der Waals surface area contributed by atoms with Crippen LogP contribution in [0.1, 0.15) is 49.9 Å². The number of hydrogen-bond acceptors (Lipinski definition) is 13. The lowest BCUT2D eigenvalue weighted by molar-refractivity contribution is -0.663. The molecule has 2 atom stereocenters. The molecule has 1 aromatic carbocycles. The van der Waals surface area contributed by atoms with Crippen molar-refractivity contribution in [3.8, 4) is 0 Å². The highest BCUT2D eigenvalue weighted by molar-refractivity contribution is 8.00. The van der Waals surface area contributed by atoms with Gasteiger partial charge in [-0.05, 0) is 51.9 Å². The summed E-state index contributed by atoms with van der Waals surface area (Å²) in [4.78, 5) is 67.7. The third-order valence-electron chi connectivity index (χ3n) is 10.2. The number of carbonyl (C=O) groups is 4. The van der Waals surface area contributed by atoms with Crippen LogP contribution in [-0.2, 0) is 41.9 Å². The number of rotatable bonds is 15. The highest BCUT2D eigenvalue weighted by Gasteiger charge is 2.54. The zero-order valence-electron chi connectivity index (χ0n) is 31.8. The maximum Gasteiger partial charge on any atom is 0.352 e. The molecular weight excluding hydrogens is 829 g/mol. The molecule has 7 rings (SSSR count). The second-order valence-electron chi connectivity index (χ2n) is 14.6. The van der Waals surface area contributed by atoms with Crippen molar-refractivity contribution < 1.29 is 48.0 Å². The van der Waals surface area contributed by atoms with Gasteiger partial charge >= 0.3 is 11.9 Å². The van der Waals surface area contributed by atoms with Gasteiger partial charge in [0.25, 0.3) is 0 Å². The van der Waals surface area contributed by atoms with Crippen LogP contribution in [0.3, 0.4) is 0 Å². The lowest BCUT2D eigenvalue weighted by Crippen LogP contribution is -2.62. The number of hydrogen-bond donors (Lipinski definition) is 5. The predicted molar refractivity (Wildman–Crippen MR) is 217 cm³/mol. The normalized spacial score (nSPS) is 19.1. The number of aromatic nitrogens is 3. The first-order valence-electron chi connectivity index (χ1n) is 18.4. The quantitative estimate of drug-likeness (QED) is 0.0379. The number of nitrogens with two attached hydrogens (primary N) is 2. The van der Waals surface area contributed by atoms with E-state index in [0.717, 1.165) is 48.3 Å². The molecule has 2 fully saturated rings. The fourth-order valence-corrected chi connectivity index (χ4v) is 9.26. The van der Waals surface area contributed by atoms with Gasteiger partial charge in [0.2, 0.25) is 17.0 Å². The first-order valence-corrected chi connectivity index (χ1v) is 20.7. The number of ketones is 1. The molecule has 17 nitrogen and oxygen atoms in total. The number of β-lactam (4-membered cyclic amide) rings is 1. The van der Waals surface area contributed by atoms with E-state index in [2.05, 4.69) is 20.6 Å². The van der Waals surface area contributed by atoms with E-state index in [1.165, 1.54) is 36.6 Å².